The van der Waals surface area contributed by atoms with E-state index in [-0.39, 0.29) is 18.4 Å². The van der Waals surface area contributed by atoms with Crippen molar-refractivity contribution in [3.05, 3.63) is 35.1 Å². The fraction of sp³-hybridized carbons (Fsp3) is 0.474. The van der Waals surface area contributed by atoms with Gasteiger partial charge in [0.2, 0.25) is 5.91 Å². The fourth-order valence-electron chi connectivity index (χ4n) is 2.12. The number of carbonyl (C=O) groups excluding carboxylic acids is 1. The standard InChI is InChI=1S/C19H24ClN5O2S/c1-12(2)19(4,11-21)22-17(26)13(3)28-18-24-23-16(25(18)5)10-27-15-8-6-14(20)7-9-15/h6-9,12-13H,10H2,1-5H3,(H,22,26)/t13-,19+/m0/s1. The Kier molecular flexibility index (Phi) is 7.33. The number of halogens is 1. The maximum Gasteiger partial charge on any atom is 0.234 e. The first-order chi connectivity index (χ1) is 13.2. The van der Waals surface area contributed by atoms with Crippen molar-refractivity contribution in [2.45, 2.75) is 50.2 Å². The summed E-state index contributed by atoms with van der Waals surface area (Å²) < 4.78 is 7.48. The van der Waals surface area contributed by atoms with Crippen LogP contribution in [0.5, 0.6) is 5.75 Å². The number of hydrogen-bond acceptors (Lipinski definition) is 6. The van der Waals surface area contributed by atoms with E-state index >= 15 is 0 Å². The number of nitriles is 1. The van der Waals surface area contributed by atoms with Gasteiger partial charge in [-0.1, -0.05) is 37.2 Å². The second kappa shape index (κ2) is 9.30. The lowest BCUT2D eigenvalue weighted by molar-refractivity contribution is -0.121. The zero-order chi connectivity index (χ0) is 20.9. The summed E-state index contributed by atoms with van der Waals surface area (Å²) in [5.41, 5.74) is -0.913. The molecule has 7 nitrogen and oxygen atoms in total. The Balaban J connectivity index is 1.98. The molecule has 2 aromatic rings. The van der Waals surface area contributed by atoms with Gasteiger partial charge in [0, 0.05) is 12.1 Å². The van der Waals surface area contributed by atoms with Gasteiger partial charge < -0.3 is 14.6 Å². The van der Waals surface area contributed by atoms with Crippen molar-refractivity contribution in [2.24, 2.45) is 13.0 Å². The van der Waals surface area contributed by atoms with E-state index in [0.29, 0.717) is 21.8 Å². The van der Waals surface area contributed by atoms with Crippen LogP contribution < -0.4 is 10.1 Å². The van der Waals surface area contributed by atoms with Gasteiger partial charge >= 0.3 is 0 Å². The van der Waals surface area contributed by atoms with Crippen molar-refractivity contribution in [3.8, 4) is 11.8 Å². The summed E-state index contributed by atoms with van der Waals surface area (Å²) >= 11 is 7.14. The van der Waals surface area contributed by atoms with Crippen molar-refractivity contribution >= 4 is 29.3 Å². The first-order valence-electron chi connectivity index (χ1n) is 8.83. The summed E-state index contributed by atoms with van der Waals surface area (Å²) in [7, 11) is 1.82. The number of nitrogens with zero attached hydrogens (tertiary/aromatic N) is 4. The molecule has 0 aliphatic carbocycles. The van der Waals surface area contributed by atoms with Gasteiger partial charge in [0.05, 0.1) is 11.3 Å². The molecule has 1 amide bonds. The minimum Gasteiger partial charge on any atom is -0.486 e. The molecule has 0 saturated carbocycles. The second-order valence-corrected chi connectivity index (χ2v) is 8.66. The summed E-state index contributed by atoms with van der Waals surface area (Å²) in [4.78, 5) is 12.5. The van der Waals surface area contributed by atoms with Crippen molar-refractivity contribution in [1.29, 1.82) is 5.26 Å². The summed E-state index contributed by atoms with van der Waals surface area (Å²) in [5.74, 6) is 1.09. The van der Waals surface area contributed by atoms with Gasteiger partial charge in [0.1, 0.15) is 17.9 Å². The van der Waals surface area contributed by atoms with E-state index in [0.717, 1.165) is 0 Å². The molecule has 0 unspecified atom stereocenters. The number of thioether (sulfide) groups is 1. The summed E-state index contributed by atoms with van der Waals surface area (Å²) in [6.07, 6.45) is 0. The molecule has 1 N–H and O–H groups in total. The van der Waals surface area contributed by atoms with Gasteiger partial charge in [-0.3, -0.25) is 4.79 Å². The molecule has 28 heavy (non-hydrogen) atoms. The van der Waals surface area contributed by atoms with E-state index in [1.807, 2.05) is 20.9 Å². The molecule has 0 fully saturated rings. The molecule has 0 spiro atoms. The molecular weight excluding hydrogens is 398 g/mol. The van der Waals surface area contributed by atoms with Crippen LogP contribution in [0.15, 0.2) is 29.4 Å². The van der Waals surface area contributed by atoms with E-state index < -0.39 is 10.8 Å². The number of benzene rings is 1. The van der Waals surface area contributed by atoms with Crippen LogP contribution in [0.3, 0.4) is 0 Å². The summed E-state index contributed by atoms with van der Waals surface area (Å²) in [5, 5.41) is 21.3. The average molecular weight is 422 g/mol. The normalized spacial score (nSPS) is 14.2. The molecule has 0 aliphatic rings. The zero-order valence-corrected chi connectivity index (χ0v) is 18.1. The third kappa shape index (κ3) is 5.40. The first-order valence-corrected chi connectivity index (χ1v) is 10.1. The molecule has 1 aromatic carbocycles. The Hall–Kier alpha value is -2.24. The van der Waals surface area contributed by atoms with Crippen molar-refractivity contribution in [2.75, 3.05) is 0 Å². The molecule has 0 bridgehead atoms. The van der Waals surface area contributed by atoms with Crippen LogP contribution in [-0.2, 0) is 18.4 Å². The Morgan fingerprint density at radius 2 is 2.00 bits per heavy atom. The van der Waals surface area contributed by atoms with Gasteiger partial charge in [0.25, 0.3) is 0 Å². The number of rotatable bonds is 8. The lowest BCUT2D eigenvalue weighted by Crippen LogP contribution is -2.51. The smallest absolute Gasteiger partial charge is 0.234 e. The topological polar surface area (TPSA) is 92.8 Å². The highest BCUT2D eigenvalue weighted by atomic mass is 35.5. The predicted octanol–water partition coefficient (Wildman–Crippen LogP) is 3.58. The Bertz CT molecular complexity index is 862. The van der Waals surface area contributed by atoms with Crippen molar-refractivity contribution < 1.29 is 9.53 Å². The largest absolute Gasteiger partial charge is 0.486 e. The van der Waals surface area contributed by atoms with E-state index in [1.165, 1.54) is 11.8 Å². The molecular formula is C19H24ClN5O2S. The number of carbonyl (C=O) groups is 1. The van der Waals surface area contributed by atoms with Crippen LogP contribution in [0, 0.1) is 17.2 Å². The number of amides is 1. The Labute approximate surface area is 174 Å². The third-order valence-corrected chi connectivity index (χ3v) is 5.91. The van der Waals surface area contributed by atoms with Gasteiger partial charge in [0.15, 0.2) is 11.0 Å². The van der Waals surface area contributed by atoms with E-state index in [1.54, 1.807) is 42.7 Å². The minimum absolute atomic E-state index is 0.00917. The Morgan fingerprint density at radius 1 is 1.36 bits per heavy atom. The van der Waals surface area contributed by atoms with Gasteiger partial charge in [-0.05, 0) is 44.0 Å². The lowest BCUT2D eigenvalue weighted by atomic mass is 9.90. The second-order valence-electron chi connectivity index (χ2n) is 6.92. The number of aromatic nitrogens is 3. The van der Waals surface area contributed by atoms with E-state index in [2.05, 4.69) is 21.6 Å². The maximum absolute atomic E-state index is 12.5. The van der Waals surface area contributed by atoms with E-state index in [4.69, 9.17) is 16.3 Å². The highest BCUT2D eigenvalue weighted by Crippen LogP contribution is 2.24. The molecule has 0 aliphatic heterocycles. The number of hydrogen-bond donors (Lipinski definition) is 1. The maximum atomic E-state index is 12.5. The Morgan fingerprint density at radius 3 is 2.57 bits per heavy atom. The molecule has 1 heterocycles. The van der Waals surface area contributed by atoms with Crippen LogP contribution >= 0.6 is 23.4 Å². The minimum atomic E-state index is -0.913. The first kappa shape index (κ1) is 22.1. The molecule has 9 heteroatoms. The van der Waals surface area contributed by atoms with Crippen LogP contribution in [-0.4, -0.2) is 31.5 Å². The van der Waals surface area contributed by atoms with Crippen LogP contribution in [0.2, 0.25) is 5.02 Å². The van der Waals surface area contributed by atoms with E-state index in [9.17, 15) is 10.1 Å². The monoisotopic (exact) mass is 421 g/mol. The molecule has 150 valence electrons. The molecule has 1 aromatic heterocycles. The highest BCUT2D eigenvalue weighted by Gasteiger charge is 2.32. The molecule has 2 atom stereocenters. The van der Waals surface area contributed by atoms with Crippen LogP contribution in [0.4, 0.5) is 0 Å². The highest BCUT2D eigenvalue weighted by molar-refractivity contribution is 8.00. The molecule has 2 rings (SSSR count). The molecule has 0 radical (unpaired) electrons. The summed E-state index contributed by atoms with van der Waals surface area (Å²) in [6.45, 7) is 7.54. The third-order valence-electron chi connectivity index (χ3n) is 4.53. The van der Waals surface area contributed by atoms with Gasteiger partial charge in [-0.2, -0.15) is 5.26 Å². The van der Waals surface area contributed by atoms with Crippen LogP contribution in [0.1, 0.15) is 33.5 Å². The van der Waals surface area contributed by atoms with Crippen LogP contribution in [0.25, 0.3) is 0 Å². The predicted molar refractivity (Wildman–Crippen MR) is 109 cm³/mol. The molecule has 0 saturated heterocycles. The van der Waals surface area contributed by atoms with Gasteiger partial charge in [-0.25, -0.2) is 0 Å². The van der Waals surface area contributed by atoms with Gasteiger partial charge in [-0.15, -0.1) is 10.2 Å². The summed E-state index contributed by atoms with van der Waals surface area (Å²) in [6, 6.07) is 9.24. The quantitative estimate of drug-likeness (QED) is 0.655. The van der Waals surface area contributed by atoms with Crippen molar-refractivity contribution in [1.82, 2.24) is 20.1 Å². The SMILES string of the molecule is CC(C)[C@@](C)(C#N)NC(=O)[C@H](C)Sc1nnc(COc2ccc(Cl)cc2)n1C. The fourth-order valence-corrected chi connectivity index (χ4v) is 3.08. The number of nitrogens with one attached hydrogen (secondary N) is 1. The van der Waals surface area contributed by atoms with Crippen molar-refractivity contribution in [3.63, 3.8) is 0 Å². The zero-order valence-electron chi connectivity index (χ0n) is 16.6. The average Bonchev–Trinajstić information content (AvgIpc) is 3.00. The number of ether oxygens (including phenoxy) is 1. The lowest BCUT2D eigenvalue weighted by Gasteiger charge is -2.28.